The zero-order valence-corrected chi connectivity index (χ0v) is 15.9. The van der Waals surface area contributed by atoms with Gasteiger partial charge in [-0.15, -0.1) is 26.3 Å². The Morgan fingerprint density at radius 2 is 0.852 bits per heavy atom. The van der Waals surface area contributed by atoms with Crippen molar-refractivity contribution in [1.82, 2.24) is 0 Å². The van der Waals surface area contributed by atoms with Gasteiger partial charge in [-0.1, -0.05) is 24.3 Å². The highest BCUT2D eigenvalue weighted by atomic mass is 16.5. The summed E-state index contributed by atoms with van der Waals surface area (Å²) in [5, 5.41) is 0. The Morgan fingerprint density at radius 3 is 1.11 bits per heavy atom. The predicted octanol–water partition coefficient (Wildman–Crippen LogP) is 5.84. The molecule has 0 unspecified atom stereocenters. The quantitative estimate of drug-likeness (QED) is 0.443. The van der Waals surface area contributed by atoms with Crippen molar-refractivity contribution in [3.8, 4) is 11.5 Å². The summed E-state index contributed by atoms with van der Waals surface area (Å²) in [7, 11) is 0. The number of hydrogen-bond acceptors (Lipinski definition) is 3. The van der Waals surface area contributed by atoms with Crippen LogP contribution in [0, 0.1) is 0 Å². The van der Waals surface area contributed by atoms with Gasteiger partial charge in [-0.25, -0.2) is 0 Å². The van der Waals surface area contributed by atoms with Crippen LogP contribution in [0.15, 0.2) is 99.2 Å². The molecule has 0 amide bonds. The Hall–Kier alpha value is -3.20. The molecule has 0 aromatic heterocycles. The van der Waals surface area contributed by atoms with Gasteiger partial charge in [-0.05, 0) is 48.5 Å². The topological polar surface area (TPSA) is 15.7 Å². The average Bonchev–Trinajstić information content (AvgIpc) is 2.69. The Kier molecular flexibility index (Phi) is 7.98. The van der Waals surface area contributed by atoms with Gasteiger partial charge < -0.3 is 14.5 Å². The third-order valence-electron chi connectivity index (χ3n) is 4.04. The number of benzene rings is 2. The fourth-order valence-electron chi connectivity index (χ4n) is 2.78. The van der Waals surface area contributed by atoms with Crippen LogP contribution in [0.1, 0.15) is 0 Å². The van der Waals surface area contributed by atoms with Crippen molar-refractivity contribution in [2.24, 2.45) is 0 Å². The van der Waals surface area contributed by atoms with Crippen molar-refractivity contribution < 1.29 is 4.74 Å². The first kappa shape index (κ1) is 20.1. The van der Waals surface area contributed by atoms with Crippen molar-refractivity contribution >= 4 is 11.4 Å². The Bertz CT molecular complexity index is 661. The van der Waals surface area contributed by atoms with E-state index in [2.05, 4.69) is 36.1 Å². The van der Waals surface area contributed by atoms with Gasteiger partial charge in [-0.2, -0.15) is 0 Å². The van der Waals surface area contributed by atoms with Crippen LogP contribution in [-0.2, 0) is 0 Å². The Morgan fingerprint density at radius 1 is 0.556 bits per heavy atom. The summed E-state index contributed by atoms with van der Waals surface area (Å²) in [6, 6.07) is 16.1. The summed E-state index contributed by atoms with van der Waals surface area (Å²) in [4.78, 5) is 4.37. The van der Waals surface area contributed by atoms with Gasteiger partial charge in [-0.3, -0.25) is 0 Å². The summed E-state index contributed by atoms with van der Waals surface area (Å²) in [6.07, 6.45) is 7.55. The van der Waals surface area contributed by atoms with E-state index in [0.717, 1.165) is 49.1 Å². The second-order valence-electron chi connectivity index (χ2n) is 6.05. The SMILES string of the molecule is C=CCN(CC=C)c1ccc(Oc2ccc(N(CC=C)CC=C)cc2)cc1. The third-order valence-corrected chi connectivity index (χ3v) is 4.04. The van der Waals surface area contributed by atoms with E-state index >= 15 is 0 Å². The first-order valence-corrected chi connectivity index (χ1v) is 9.03. The van der Waals surface area contributed by atoms with Crippen LogP contribution in [0.2, 0.25) is 0 Å². The normalized spacial score (nSPS) is 9.93. The zero-order chi connectivity index (χ0) is 19.5. The van der Waals surface area contributed by atoms with Crippen LogP contribution in [0.25, 0.3) is 0 Å². The molecule has 2 aromatic carbocycles. The second kappa shape index (κ2) is 10.7. The molecule has 2 rings (SSSR count). The van der Waals surface area contributed by atoms with E-state index < -0.39 is 0 Å². The minimum Gasteiger partial charge on any atom is -0.457 e. The lowest BCUT2D eigenvalue weighted by atomic mass is 10.2. The van der Waals surface area contributed by atoms with E-state index in [4.69, 9.17) is 4.74 Å². The van der Waals surface area contributed by atoms with Gasteiger partial charge in [0.25, 0.3) is 0 Å². The first-order chi connectivity index (χ1) is 13.2. The Labute approximate surface area is 163 Å². The second-order valence-corrected chi connectivity index (χ2v) is 6.05. The van der Waals surface area contributed by atoms with Crippen LogP contribution in [0.4, 0.5) is 11.4 Å². The van der Waals surface area contributed by atoms with Crippen molar-refractivity contribution in [2.45, 2.75) is 0 Å². The Balaban J connectivity index is 2.06. The molecule has 3 heteroatoms. The van der Waals surface area contributed by atoms with E-state index in [1.54, 1.807) is 0 Å². The maximum absolute atomic E-state index is 5.97. The molecule has 0 fully saturated rings. The molecule has 0 atom stereocenters. The van der Waals surface area contributed by atoms with E-state index in [1.807, 2.05) is 72.8 Å². The minimum absolute atomic E-state index is 0.777. The molecule has 0 aliphatic carbocycles. The summed E-state index contributed by atoms with van der Waals surface area (Å²) < 4.78 is 5.97. The van der Waals surface area contributed by atoms with E-state index in [0.29, 0.717) is 0 Å². The van der Waals surface area contributed by atoms with Crippen LogP contribution < -0.4 is 14.5 Å². The van der Waals surface area contributed by atoms with Gasteiger partial charge in [0.1, 0.15) is 11.5 Å². The van der Waals surface area contributed by atoms with Gasteiger partial charge in [0.05, 0.1) is 0 Å². The minimum atomic E-state index is 0.777. The molecule has 3 nitrogen and oxygen atoms in total. The maximum Gasteiger partial charge on any atom is 0.127 e. The van der Waals surface area contributed by atoms with Crippen LogP contribution >= 0.6 is 0 Å². The van der Waals surface area contributed by atoms with Crippen molar-refractivity contribution in [3.63, 3.8) is 0 Å². The lowest BCUT2D eigenvalue weighted by molar-refractivity contribution is 0.482. The smallest absolute Gasteiger partial charge is 0.127 e. The lowest BCUT2D eigenvalue weighted by Gasteiger charge is -2.22. The summed E-state index contributed by atoms with van der Waals surface area (Å²) in [5.41, 5.74) is 2.23. The van der Waals surface area contributed by atoms with E-state index in [1.165, 1.54) is 0 Å². The molecule has 0 aliphatic heterocycles. The summed E-state index contributed by atoms with van der Waals surface area (Å²) in [6.45, 7) is 18.3. The highest BCUT2D eigenvalue weighted by Crippen LogP contribution is 2.26. The van der Waals surface area contributed by atoms with E-state index in [9.17, 15) is 0 Å². The molecular weight excluding hydrogens is 332 g/mol. The van der Waals surface area contributed by atoms with Gasteiger partial charge in [0, 0.05) is 37.6 Å². The van der Waals surface area contributed by atoms with E-state index in [-0.39, 0.29) is 0 Å². The lowest BCUT2D eigenvalue weighted by Crippen LogP contribution is -2.22. The van der Waals surface area contributed by atoms with Gasteiger partial charge >= 0.3 is 0 Å². The fraction of sp³-hybridized carbons (Fsp3) is 0.167. The molecule has 140 valence electrons. The van der Waals surface area contributed by atoms with Crippen LogP contribution in [-0.4, -0.2) is 26.2 Å². The van der Waals surface area contributed by atoms with Crippen molar-refractivity contribution in [2.75, 3.05) is 36.0 Å². The van der Waals surface area contributed by atoms with Crippen LogP contribution in [0.5, 0.6) is 11.5 Å². The van der Waals surface area contributed by atoms with Crippen molar-refractivity contribution in [1.29, 1.82) is 0 Å². The monoisotopic (exact) mass is 360 g/mol. The molecule has 2 aromatic rings. The molecule has 0 saturated heterocycles. The number of anilines is 2. The highest BCUT2D eigenvalue weighted by molar-refractivity contribution is 5.52. The van der Waals surface area contributed by atoms with Crippen LogP contribution in [0.3, 0.4) is 0 Å². The summed E-state index contributed by atoms with van der Waals surface area (Å²) >= 11 is 0. The molecule has 27 heavy (non-hydrogen) atoms. The molecular formula is C24H28N2O. The number of ether oxygens (including phenoxy) is 1. The zero-order valence-electron chi connectivity index (χ0n) is 15.9. The first-order valence-electron chi connectivity index (χ1n) is 9.03. The molecule has 0 N–H and O–H groups in total. The molecule has 0 bridgehead atoms. The molecule has 0 heterocycles. The number of hydrogen-bond donors (Lipinski definition) is 0. The third kappa shape index (κ3) is 5.93. The highest BCUT2D eigenvalue weighted by Gasteiger charge is 2.06. The number of rotatable bonds is 12. The standard InChI is InChI=1S/C24H28N2O/c1-5-17-25(18-6-2)21-9-13-23(14-10-21)27-24-15-11-22(12-16-24)26(19-7-3)20-8-4/h5-16H,1-4,17-20H2. The summed E-state index contributed by atoms with van der Waals surface area (Å²) in [5.74, 6) is 1.61. The number of nitrogens with zero attached hydrogens (tertiary/aromatic N) is 2. The van der Waals surface area contributed by atoms with Gasteiger partial charge in [0.2, 0.25) is 0 Å². The van der Waals surface area contributed by atoms with Gasteiger partial charge in [0.15, 0.2) is 0 Å². The molecule has 0 radical (unpaired) electrons. The fourth-order valence-corrected chi connectivity index (χ4v) is 2.78. The van der Waals surface area contributed by atoms with Crippen molar-refractivity contribution in [3.05, 3.63) is 99.2 Å². The predicted molar refractivity (Wildman–Crippen MR) is 118 cm³/mol. The average molecular weight is 361 g/mol. The molecule has 0 saturated carbocycles. The molecule has 0 spiro atoms. The molecule has 0 aliphatic rings. The maximum atomic E-state index is 5.97. The largest absolute Gasteiger partial charge is 0.457 e.